The first-order valence-corrected chi connectivity index (χ1v) is 19.8. The van der Waals surface area contributed by atoms with Crippen LogP contribution >= 0.6 is 0 Å². The van der Waals surface area contributed by atoms with Crippen molar-refractivity contribution in [1.82, 2.24) is 0 Å². The summed E-state index contributed by atoms with van der Waals surface area (Å²) in [5.41, 5.74) is 13.5. The van der Waals surface area contributed by atoms with Gasteiger partial charge in [-0.1, -0.05) is 102 Å². The second kappa shape index (κ2) is 9.21. The normalized spacial score (nSPS) is 13.1. The number of benzene rings is 3. The molecule has 0 aromatic heterocycles. The zero-order chi connectivity index (χ0) is 22.2. The van der Waals surface area contributed by atoms with Crippen molar-refractivity contribution in [2.75, 3.05) is 0 Å². The molecule has 0 N–H and O–H groups in total. The van der Waals surface area contributed by atoms with E-state index in [0.717, 1.165) is 0 Å². The summed E-state index contributed by atoms with van der Waals surface area (Å²) in [5.74, 6) is 0. The molecule has 0 aliphatic rings. The molecule has 0 fully saturated rings. The van der Waals surface area contributed by atoms with E-state index in [1.54, 1.807) is 48.9 Å². The summed E-state index contributed by atoms with van der Waals surface area (Å²) in [6.07, 6.45) is 0. The number of hydrogen-bond donors (Lipinski definition) is 0. The predicted octanol–water partition coefficient (Wildman–Crippen LogP) is 2.88. The fraction of sp³-hybridized carbons (Fsp3) is 0.333. The van der Waals surface area contributed by atoms with Crippen molar-refractivity contribution in [3.63, 3.8) is 0 Å². The molecule has 0 amide bonds. The lowest BCUT2D eigenvalue weighted by Crippen LogP contribution is -2.54. The van der Waals surface area contributed by atoms with Gasteiger partial charge in [-0.25, -0.2) is 0 Å². The largest absolute Gasteiger partial charge is 0.0639 e. The molecule has 3 heteroatoms. The molecule has 0 nitrogen and oxygen atoms in total. The lowest BCUT2D eigenvalue weighted by Gasteiger charge is -2.24. The van der Waals surface area contributed by atoms with Gasteiger partial charge in [-0.2, -0.15) is 0 Å². The van der Waals surface area contributed by atoms with Crippen LogP contribution in [0.2, 0.25) is 0 Å². The molecule has 0 aliphatic carbocycles. The molecule has 0 atom stereocenters. The van der Waals surface area contributed by atoms with Crippen molar-refractivity contribution >= 4 is 41.5 Å². The molecule has 0 spiro atoms. The maximum atomic E-state index is 2.44. The number of hydrogen-bond acceptors (Lipinski definition) is 0. The molecule has 0 aliphatic heterocycles. The van der Waals surface area contributed by atoms with Crippen molar-refractivity contribution in [2.24, 2.45) is 0 Å². The minimum atomic E-state index is -1.01. The number of rotatable bonds is 5. The Morgan fingerprint density at radius 2 is 0.700 bits per heavy atom. The first kappa shape index (κ1) is 23.0. The molecule has 0 bridgehead atoms. The molecule has 3 aromatic rings. The van der Waals surface area contributed by atoms with E-state index >= 15 is 0 Å². The SMILES string of the molecule is Cc1cc(C)c([SiH2][SiH]([SiH2]c2c(C)cc(C)cc2C)c2c(C)cc(C)cc2C)c(C)c1. The molecule has 0 saturated heterocycles. The molecule has 3 aromatic carbocycles. The van der Waals surface area contributed by atoms with Gasteiger partial charge in [-0.15, -0.1) is 0 Å². The smallest absolute Gasteiger partial charge is 0.0571 e. The lowest BCUT2D eigenvalue weighted by atomic mass is 10.1. The van der Waals surface area contributed by atoms with Crippen LogP contribution in [-0.2, 0) is 0 Å². The zero-order valence-electron chi connectivity index (χ0n) is 20.5. The van der Waals surface area contributed by atoms with Crippen LogP contribution in [0, 0.1) is 62.3 Å². The van der Waals surface area contributed by atoms with Crippen molar-refractivity contribution < 1.29 is 0 Å². The van der Waals surface area contributed by atoms with Gasteiger partial charge in [0.15, 0.2) is 0 Å². The third-order valence-corrected chi connectivity index (χ3v) is 25.5. The standard InChI is InChI=1S/C27H38Si3/c1-16-10-19(4)25(20(5)11-16)28-30(27-23(8)14-18(3)15-24(27)9)29-26-21(6)12-17(2)13-22(26)7/h10-15,30H,28-29H2,1-9H3. The van der Waals surface area contributed by atoms with E-state index in [9.17, 15) is 0 Å². The summed E-state index contributed by atoms with van der Waals surface area (Å²) in [7, 11) is -1.63. The molecule has 158 valence electrons. The summed E-state index contributed by atoms with van der Waals surface area (Å²) in [4.78, 5) is 0. The van der Waals surface area contributed by atoms with Gasteiger partial charge in [0.05, 0.1) is 7.83 Å². The minimum Gasteiger partial charge on any atom is -0.0639 e. The van der Waals surface area contributed by atoms with E-state index in [4.69, 9.17) is 0 Å². The molecule has 0 unspecified atom stereocenters. The Morgan fingerprint density at radius 1 is 0.433 bits per heavy atom. The predicted molar refractivity (Wildman–Crippen MR) is 145 cm³/mol. The van der Waals surface area contributed by atoms with Crippen LogP contribution in [0.1, 0.15) is 50.1 Å². The van der Waals surface area contributed by atoms with Crippen LogP contribution < -0.4 is 15.6 Å². The van der Waals surface area contributed by atoms with E-state index in [1.165, 1.54) is 16.7 Å². The second-order valence-electron chi connectivity index (χ2n) is 9.67. The summed E-state index contributed by atoms with van der Waals surface area (Å²) in [6.45, 7) is 20.9. The zero-order valence-corrected chi connectivity index (χ0v) is 24.4. The summed E-state index contributed by atoms with van der Waals surface area (Å²) >= 11 is 0. The Balaban J connectivity index is 2.14. The molecular formula is C27H38Si3. The molecule has 30 heavy (non-hydrogen) atoms. The fourth-order valence-corrected chi connectivity index (χ4v) is 29.2. The summed E-state index contributed by atoms with van der Waals surface area (Å²) in [5, 5.41) is 5.32. The van der Waals surface area contributed by atoms with Crippen molar-refractivity contribution in [2.45, 2.75) is 62.3 Å². The van der Waals surface area contributed by atoms with E-state index in [2.05, 4.69) is 98.7 Å². The highest BCUT2D eigenvalue weighted by Crippen LogP contribution is 2.11. The monoisotopic (exact) mass is 446 g/mol. The van der Waals surface area contributed by atoms with Crippen molar-refractivity contribution in [3.05, 3.63) is 86.5 Å². The van der Waals surface area contributed by atoms with Gasteiger partial charge in [0, 0.05) is 18.1 Å². The van der Waals surface area contributed by atoms with E-state index < -0.39 is 7.83 Å². The Hall–Kier alpha value is -1.69. The molecule has 0 saturated carbocycles. The first-order valence-electron chi connectivity index (χ1n) is 11.3. The van der Waals surface area contributed by atoms with Crippen molar-refractivity contribution in [1.29, 1.82) is 0 Å². The van der Waals surface area contributed by atoms with Gasteiger partial charge in [-0.05, 0) is 62.3 Å². The molecule has 0 heterocycles. The average Bonchev–Trinajstić information content (AvgIpc) is 2.59. The van der Waals surface area contributed by atoms with Crippen LogP contribution in [0.3, 0.4) is 0 Å². The maximum Gasteiger partial charge on any atom is 0.0571 e. The summed E-state index contributed by atoms with van der Waals surface area (Å²) in [6, 6.07) is 14.5. The Bertz CT molecular complexity index is 967. The Kier molecular flexibility index (Phi) is 7.05. The van der Waals surface area contributed by atoms with E-state index in [0.29, 0.717) is 0 Å². The van der Waals surface area contributed by atoms with Gasteiger partial charge in [0.25, 0.3) is 0 Å². The van der Waals surface area contributed by atoms with Gasteiger partial charge in [0.1, 0.15) is 0 Å². The topological polar surface area (TPSA) is 0 Å². The third-order valence-electron chi connectivity index (χ3n) is 6.73. The number of aryl methyl sites for hydroxylation is 9. The highest BCUT2D eigenvalue weighted by atomic mass is 29.6. The van der Waals surface area contributed by atoms with Crippen LogP contribution in [0.15, 0.2) is 36.4 Å². The van der Waals surface area contributed by atoms with Gasteiger partial charge in [-0.3, -0.25) is 0 Å². The maximum absolute atomic E-state index is 2.44. The molecular weight excluding hydrogens is 409 g/mol. The highest BCUT2D eigenvalue weighted by molar-refractivity contribution is 7.50. The third kappa shape index (κ3) is 4.96. The van der Waals surface area contributed by atoms with Crippen LogP contribution in [0.5, 0.6) is 0 Å². The molecule has 0 radical (unpaired) electrons. The quantitative estimate of drug-likeness (QED) is 0.529. The fourth-order valence-electron chi connectivity index (χ4n) is 5.67. The van der Waals surface area contributed by atoms with Crippen LogP contribution in [-0.4, -0.2) is 25.9 Å². The average molecular weight is 447 g/mol. The van der Waals surface area contributed by atoms with Gasteiger partial charge in [0.2, 0.25) is 0 Å². The van der Waals surface area contributed by atoms with Crippen LogP contribution in [0.25, 0.3) is 0 Å². The molecule has 3 rings (SSSR count). The first-order chi connectivity index (χ1) is 14.1. The second-order valence-corrected chi connectivity index (χ2v) is 25.7. The highest BCUT2D eigenvalue weighted by Gasteiger charge is 2.24. The Morgan fingerprint density at radius 3 is 1.00 bits per heavy atom. The van der Waals surface area contributed by atoms with Gasteiger partial charge >= 0.3 is 0 Å². The van der Waals surface area contributed by atoms with E-state index in [1.807, 2.05) is 0 Å². The summed E-state index contributed by atoms with van der Waals surface area (Å²) < 4.78 is 0. The Labute approximate surface area is 190 Å². The van der Waals surface area contributed by atoms with Crippen LogP contribution in [0.4, 0.5) is 0 Å². The van der Waals surface area contributed by atoms with E-state index in [-0.39, 0.29) is 18.1 Å². The van der Waals surface area contributed by atoms with Gasteiger partial charge < -0.3 is 0 Å². The van der Waals surface area contributed by atoms with Crippen molar-refractivity contribution in [3.8, 4) is 0 Å². The minimum absolute atomic E-state index is 0.309. The lowest BCUT2D eigenvalue weighted by molar-refractivity contribution is 1.35.